The molecule has 0 aliphatic rings. The van der Waals surface area contributed by atoms with Gasteiger partial charge in [0.1, 0.15) is 0 Å². The number of halogens is 1. The van der Waals surface area contributed by atoms with Crippen LogP contribution in [0, 0.1) is 11.3 Å². The van der Waals surface area contributed by atoms with Crippen molar-refractivity contribution < 1.29 is 4.79 Å². The first-order valence-electron chi connectivity index (χ1n) is 6.00. The number of alkyl halides is 1. The van der Waals surface area contributed by atoms with E-state index in [9.17, 15) is 4.79 Å². The summed E-state index contributed by atoms with van der Waals surface area (Å²) in [7, 11) is 0. The van der Waals surface area contributed by atoms with E-state index in [0.717, 1.165) is 18.5 Å². The number of carbonyl (C=O) groups excluding carboxylic acids is 1. The maximum absolute atomic E-state index is 12.0. The lowest BCUT2D eigenvalue weighted by Gasteiger charge is -2.23. The summed E-state index contributed by atoms with van der Waals surface area (Å²) < 4.78 is 0. The summed E-state index contributed by atoms with van der Waals surface area (Å²) in [4.78, 5) is 13.7. The van der Waals surface area contributed by atoms with Crippen LogP contribution in [0.4, 0.5) is 0 Å². The van der Waals surface area contributed by atoms with Crippen molar-refractivity contribution in [3.63, 3.8) is 0 Å². The molecular weight excluding hydrogens is 292 g/mol. The zero-order valence-electron chi connectivity index (χ0n) is 10.7. The summed E-state index contributed by atoms with van der Waals surface area (Å²) in [6, 6.07) is 9.44. The van der Waals surface area contributed by atoms with Gasteiger partial charge in [0.25, 0.3) is 0 Å². The van der Waals surface area contributed by atoms with Gasteiger partial charge in [0, 0.05) is 13.1 Å². The van der Waals surface area contributed by atoms with E-state index in [1.54, 1.807) is 12.1 Å². The van der Waals surface area contributed by atoms with E-state index in [1.807, 2.05) is 24.0 Å². The Bertz CT molecular complexity index is 434. The number of nitrogens with zero attached hydrogens (tertiary/aromatic N) is 2. The molecule has 1 rings (SSSR count). The monoisotopic (exact) mass is 308 g/mol. The first kappa shape index (κ1) is 14.7. The molecule has 3 nitrogen and oxygen atoms in total. The third kappa shape index (κ3) is 4.15. The van der Waals surface area contributed by atoms with Gasteiger partial charge >= 0.3 is 0 Å². The van der Waals surface area contributed by atoms with Gasteiger partial charge in [0.2, 0.25) is 5.91 Å². The van der Waals surface area contributed by atoms with Crippen molar-refractivity contribution in [2.45, 2.75) is 31.6 Å². The third-order valence-corrected chi connectivity index (χ3v) is 2.99. The lowest BCUT2D eigenvalue weighted by Crippen LogP contribution is -2.35. The highest BCUT2D eigenvalue weighted by atomic mass is 79.9. The lowest BCUT2D eigenvalue weighted by atomic mass is 10.1. The van der Waals surface area contributed by atoms with E-state index in [2.05, 4.69) is 28.9 Å². The van der Waals surface area contributed by atoms with E-state index in [-0.39, 0.29) is 10.7 Å². The highest BCUT2D eigenvalue weighted by Gasteiger charge is 2.17. The van der Waals surface area contributed by atoms with E-state index >= 15 is 0 Å². The molecule has 0 N–H and O–H groups in total. The van der Waals surface area contributed by atoms with Gasteiger partial charge in [-0.1, -0.05) is 35.0 Å². The topological polar surface area (TPSA) is 44.1 Å². The predicted molar refractivity (Wildman–Crippen MR) is 75.3 cm³/mol. The molecular formula is C14H17BrN2O. The van der Waals surface area contributed by atoms with Crippen LogP contribution >= 0.6 is 15.9 Å². The van der Waals surface area contributed by atoms with Crippen LogP contribution in [0.3, 0.4) is 0 Å². The Morgan fingerprint density at radius 3 is 2.50 bits per heavy atom. The van der Waals surface area contributed by atoms with Crippen LogP contribution in [-0.2, 0) is 11.3 Å². The quantitative estimate of drug-likeness (QED) is 0.785. The van der Waals surface area contributed by atoms with E-state index in [4.69, 9.17) is 5.26 Å². The largest absolute Gasteiger partial charge is 0.337 e. The molecule has 18 heavy (non-hydrogen) atoms. The van der Waals surface area contributed by atoms with Crippen molar-refractivity contribution in [3.05, 3.63) is 35.4 Å². The van der Waals surface area contributed by atoms with E-state index in [1.165, 1.54) is 0 Å². The second kappa shape index (κ2) is 7.17. The first-order chi connectivity index (χ1) is 8.58. The van der Waals surface area contributed by atoms with Crippen molar-refractivity contribution >= 4 is 21.8 Å². The van der Waals surface area contributed by atoms with Crippen molar-refractivity contribution in [2.75, 3.05) is 6.54 Å². The maximum atomic E-state index is 12.0. The molecule has 1 unspecified atom stereocenters. The highest BCUT2D eigenvalue weighted by molar-refractivity contribution is 9.10. The molecule has 1 atom stereocenters. The van der Waals surface area contributed by atoms with Crippen LogP contribution < -0.4 is 0 Å². The highest BCUT2D eigenvalue weighted by Crippen LogP contribution is 2.11. The molecule has 0 heterocycles. The van der Waals surface area contributed by atoms with E-state index < -0.39 is 0 Å². The van der Waals surface area contributed by atoms with Crippen molar-refractivity contribution in [3.8, 4) is 6.07 Å². The van der Waals surface area contributed by atoms with Gasteiger partial charge in [-0.05, 0) is 31.0 Å². The molecule has 0 radical (unpaired) electrons. The number of hydrogen-bond donors (Lipinski definition) is 0. The third-order valence-electron chi connectivity index (χ3n) is 2.60. The van der Waals surface area contributed by atoms with Crippen molar-refractivity contribution in [1.82, 2.24) is 4.90 Å². The van der Waals surface area contributed by atoms with Crippen LogP contribution in [0.1, 0.15) is 31.4 Å². The summed E-state index contributed by atoms with van der Waals surface area (Å²) >= 11 is 3.31. The number of carbonyl (C=O) groups is 1. The predicted octanol–water partition coefficient (Wildman–Crippen LogP) is 3.08. The number of rotatable bonds is 5. The van der Waals surface area contributed by atoms with Crippen LogP contribution in [0.5, 0.6) is 0 Å². The summed E-state index contributed by atoms with van der Waals surface area (Å²) in [6.07, 6.45) is 0.932. The van der Waals surface area contributed by atoms with Crippen molar-refractivity contribution in [2.24, 2.45) is 0 Å². The fourth-order valence-electron chi connectivity index (χ4n) is 1.69. The molecule has 0 saturated heterocycles. The first-order valence-corrected chi connectivity index (χ1v) is 6.92. The summed E-state index contributed by atoms with van der Waals surface area (Å²) in [6.45, 7) is 5.23. The Morgan fingerprint density at radius 2 is 2.06 bits per heavy atom. The summed E-state index contributed by atoms with van der Waals surface area (Å²) in [5, 5.41) is 8.73. The minimum atomic E-state index is -0.164. The molecule has 0 aromatic heterocycles. The van der Waals surface area contributed by atoms with E-state index in [0.29, 0.717) is 12.1 Å². The van der Waals surface area contributed by atoms with Gasteiger partial charge in [-0.25, -0.2) is 0 Å². The molecule has 0 aliphatic carbocycles. The number of amides is 1. The molecule has 0 fully saturated rings. The molecule has 1 aromatic rings. The van der Waals surface area contributed by atoms with Gasteiger partial charge in [-0.3, -0.25) is 4.79 Å². The van der Waals surface area contributed by atoms with Crippen LogP contribution in [0.25, 0.3) is 0 Å². The Balaban J connectivity index is 2.76. The van der Waals surface area contributed by atoms with Gasteiger partial charge in [-0.2, -0.15) is 5.26 Å². The Hall–Kier alpha value is -1.34. The van der Waals surface area contributed by atoms with Gasteiger partial charge < -0.3 is 4.90 Å². The second-order valence-electron chi connectivity index (χ2n) is 4.18. The van der Waals surface area contributed by atoms with Gasteiger partial charge in [0.05, 0.1) is 16.5 Å². The van der Waals surface area contributed by atoms with Crippen LogP contribution in [0.2, 0.25) is 0 Å². The molecule has 0 spiro atoms. The Labute approximate surface area is 117 Å². The SMILES string of the molecule is CCCN(Cc1ccc(C#N)cc1)C(=O)C(C)Br. The maximum Gasteiger partial charge on any atom is 0.236 e. The number of benzene rings is 1. The second-order valence-corrected chi connectivity index (χ2v) is 5.56. The zero-order valence-corrected chi connectivity index (χ0v) is 12.3. The molecule has 4 heteroatoms. The Morgan fingerprint density at radius 1 is 1.44 bits per heavy atom. The fraction of sp³-hybridized carbons (Fsp3) is 0.429. The zero-order chi connectivity index (χ0) is 13.5. The van der Waals surface area contributed by atoms with Gasteiger partial charge in [-0.15, -0.1) is 0 Å². The molecule has 0 bridgehead atoms. The lowest BCUT2D eigenvalue weighted by molar-refractivity contribution is -0.130. The summed E-state index contributed by atoms with van der Waals surface area (Å²) in [5.41, 5.74) is 1.69. The Kier molecular flexibility index (Phi) is 5.87. The minimum absolute atomic E-state index is 0.0983. The van der Waals surface area contributed by atoms with Crippen LogP contribution in [-0.4, -0.2) is 22.2 Å². The number of hydrogen-bond acceptors (Lipinski definition) is 2. The minimum Gasteiger partial charge on any atom is -0.337 e. The molecule has 1 amide bonds. The standard InChI is InChI=1S/C14H17BrN2O/c1-3-8-17(14(18)11(2)15)10-13-6-4-12(9-16)5-7-13/h4-7,11H,3,8,10H2,1-2H3. The fourth-order valence-corrected chi connectivity index (χ4v) is 1.98. The van der Waals surface area contributed by atoms with Crippen molar-refractivity contribution in [1.29, 1.82) is 5.26 Å². The average molecular weight is 309 g/mol. The molecule has 1 aromatic carbocycles. The van der Waals surface area contributed by atoms with Crippen LogP contribution in [0.15, 0.2) is 24.3 Å². The smallest absolute Gasteiger partial charge is 0.236 e. The molecule has 0 saturated carbocycles. The number of nitriles is 1. The summed E-state index contributed by atoms with van der Waals surface area (Å²) in [5.74, 6) is 0.0983. The van der Waals surface area contributed by atoms with Gasteiger partial charge in [0.15, 0.2) is 0 Å². The normalized spacial score (nSPS) is 11.7. The molecule has 0 aliphatic heterocycles. The average Bonchev–Trinajstić information content (AvgIpc) is 2.38. The molecule has 96 valence electrons.